The van der Waals surface area contributed by atoms with Crippen molar-refractivity contribution in [2.24, 2.45) is 0 Å². The minimum Gasteiger partial charge on any atom is -0.450 e. The van der Waals surface area contributed by atoms with E-state index in [4.69, 9.17) is 24.4 Å². The van der Waals surface area contributed by atoms with E-state index < -0.39 is 0 Å². The second kappa shape index (κ2) is 12.6. The monoisotopic (exact) mass is 698 g/mol. The van der Waals surface area contributed by atoms with Crippen molar-refractivity contribution >= 4 is 17.1 Å². The van der Waals surface area contributed by atoms with Crippen LogP contribution in [-0.2, 0) is 5.41 Å². The lowest BCUT2D eigenvalue weighted by molar-refractivity contribution is 0.360. The van der Waals surface area contributed by atoms with Gasteiger partial charge >= 0.3 is 0 Å². The molecule has 0 aliphatic carbocycles. The van der Waals surface area contributed by atoms with Gasteiger partial charge in [-0.25, -0.2) is 15.0 Å². The molecule has 0 atom stereocenters. The Hall–Kier alpha value is -7.05. The summed E-state index contributed by atoms with van der Waals surface area (Å²) in [6, 6.07) is 58.0. The summed E-state index contributed by atoms with van der Waals surface area (Å²) in [6.07, 6.45) is 0. The molecular weight excluding hydrogens is 665 g/mol. The molecule has 0 spiro atoms. The summed E-state index contributed by atoms with van der Waals surface area (Å²) in [6.45, 7) is 4.62. The normalized spacial score (nSPS) is 13.4. The number of aromatic nitrogens is 3. The number of anilines is 3. The summed E-state index contributed by atoms with van der Waals surface area (Å²) >= 11 is 0. The number of ether oxygens (including phenoxy) is 2. The first-order chi connectivity index (χ1) is 26.5. The largest absolute Gasteiger partial charge is 0.450 e. The quantitative estimate of drug-likeness (QED) is 0.178. The highest BCUT2D eigenvalue weighted by Gasteiger charge is 2.36. The van der Waals surface area contributed by atoms with Gasteiger partial charge in [-0.15, -0.1) is 0 Å². The zero-order chi connectivity index (χ0) is 36.2. The SMILES string of the molecule is CC1(C)c2ccccc2N(c2ccc(-c3ccc4c(c3)Oc3cc(-c5nc(-c6ccccc6)nc(-c6ccccc6)n5)ccc3O4)cc2)c2ccccc21. The van der Waals surface area contributed by atoms with Gasteiger partial charge < -0.3 is 14.4 Å². The lowest BCUT2D eigenvalue weighted by atomic mass is 9.73. The van der Waals surface area contributed by atoms with Gasteiger partial charge in [0.2, 0.25) is 0 Å². The third-order valence-corrected chi connectivity index (χ3v) is 10.4. The number of nitrogens with zero attached hydrogens (tertiary/aromatic N) is 4. The minimum absolute atomic E-state index is 0.101. The number of hydrogen-bond donors (Lipinski definition) is 0. The van der Waals surface area contributed by atoms with E-state index in [-0.39, 0.29) is 5.41 Å². The molecule has 258 valence electrons. The number of benzene rings is 7. The van der Waals surface area contributed by atoms with Gasteiger partial charge in [-0.3, -0.25) is 0 Å². The van der Waals surface area contributed by atoms with Gasteiger partial charge in [0.1, 0.15) is 0 Å². The van der Waals surface area contributed by atoms with Crippen molar-refractivity contribution < 1.29 is 9.47 Å². The van der Waals surface area contributed by atoms with E-state index in [1.54, 1.807) is 0 Å². The van der Waals surface area contributed by atoms with Crippen LogP contribution in [0.25, 0.3) is 45.3 Å². The van der Waals surface area contributed by atoms with E-state index in [0.29, 0.717) is 40.5 Å². The van der Waals surface area contributed by atoms with Gasteiger partial charge in [-0.2, -0.15) is 0 Å². The molecule has 7 aromatic carbocycles. The molecule has 0 bridgehead atoms. The molecule has 6 nitrogen and oxygen atoms in total. The molecule has 8 aromatic rings. The first-order valence-corrected chi connectivity index (χ1v) is 18.1. The summed E-state index contributed by atoms with van der Waals surface area (Å²) in [5.74, 6) is 4.30. The molecule has 6 heteroatoms. The molecule has 10 rings (SSSR count). The molecule has 0 radical (unpaired) electrons. The Balaban J connectivity index is 0.966. The van der Waals surface area contributed by atoms with Gasteiger partial charge in [0, 0.05) is 27.8 Å². The third-order valence-electron chi connectivity index (χ3n) is 10.4. The average Bonchev–Trinajstić information content (AvgIpc) is 3.23. The van der Waals surface area contributed by atoms with Crippen LogP contribution in [0.2, 0.25) is 0 Å². The molecule has 54 heavy (non-hydrogen) atoms. The highest BCUT2D eigenvalue weighted by Crippen LogP contribution is 2.52. The predicted octanol–water partition coefficient (Wildman–Crippen LogP) is 12.5. The Morgan fingerprint density at radius 1 is 0.389 bits per heavy atom. The molecule has 0 saturated carbocycles. The second-order valence-corrected chi connectivity index (χ2v) is 14.1. The zero-order valence-corrected chi connectivity index (χ0v) is 29.8. The van der Waals surface area contributed by atoms with Crippen LogP contribution in [0.4, 0.5) is 17.1 Å². The maximum absolute atomic E-state index is 6.54. The molecule has 2 aliphatic rings. The molecule has 1 aromatic heterocycles. The van der Waals surface area contributed by atoms with E-state index in [1.165, 1.54) is 22.5 Å². The van der Waals surface area contributed by atoms with Crippen LogP contribution in [0.5, 0.6) is 23.0 Å². The maximum Gasteiger partial charge on any atom is 0.170 e. The Labute approximate surface area is 314 Å². The lowest BCUT2D eigenvalue weighted by Gasteiger charge is -2.42. The van der Waals surface area contributed by atoms with Crippen LogP contribution in [0.1, 0.15) is 25.0 Å². The van der Waals surface area contributed by atoms with Crippen LogP contribution in [0.3, 0.4) is 0 Å². The highest BCUT2D eigenvalue weighted by atomic mass is 16.6. The molecule has 2 aliphatic heterocycles. The van der Waals surface area contributed by atoms with Crippen molar-refractivity contribution in [2.45, 2.75) is 19.3 Å². The van der Waals surface area contributed by atoms with Gasteiger partial charge in [-0.1, -0.05) is 129 Å². The Bertz CT molecular complexity index is 2590. The van der Waals surface area contributed by atoms with Gasteiger partial charge in [0.15, 0.2) is 40.5 Å². The molecule has 3 heterocycles. The minimum atomic E-state index is -0.101. The average molecular weight is 699 g/mol. The maximum atomic E-state index is 6.54. The number of para-hydroxylation sites is 2. The molecule has 0 amide bonds. The zero-order valence-electron chi connectivity index (χ0n) is 29.8. The molecule has 0 unspecified atom stereocenters. The summed E-state index contributed by atoms with van der Waals surface area (Å²) < 4.78 is 12.9. The van der Waals surface area contributed by atoms with Crippen LogP contribution in [-0.4, -0.2) is 15.0 Å². The summed E-state index contributed by atoms with van der Waals surface area (Å²) in [4.78, 5) is 17.0. The Morgan fingerprint density at radius 3 is 1.37 bits per heavy atom. The van der Waals surface area contributed by atoms with Gasteiger partial charge in [0.05, 0.1) is 11.4 Å². The highest BCUT2D eigenvalue weighted by molar-refractivity contribution is 5.86. The first kappa shape index (κ1) is 31.7. The number of hydrogen-bond acceptors (Lipinski definition) is 6. The standard InChI is InChI=1S/C48H34N4O2/c1-48(2)37-17-9-11-19-39(37)52(40-20-12-10-18-38(40)48)36-25-21-31(22-26-36)34-23-27-41-43(29-34)54-44-30-35(24-28-42(44)53-41)47-50-45(32-13-5-3-6-14-32)49-46(51-47)33-15-7-4-8-16-33/h3-30H,1-2H3. The van der Waals surface area contributed by atoms with Crippen LogP contribution >= 0.6 is 0 Å². The Morgan fingerprint density at radius 2 is 0.815 bits per heavy atom. The van der Waals surface area contributed by atoms with Crippen molar-refractivity contribution in [2.75, 3.05) is 4.90 Å². The van der Waals surface area contributed by atoms with Crippen molar-refractivity contribution in [3.8, 4) is 68.3 Å². The fourth-order valence-corrected chi connectivity index (χ4v) is 7.59. The number of fused-ring (bicyclic) bond motifs is 4. The van der Waals surface area contributed by atoms with Crippen LogP contribution in [0, 0.1) is 0 Å². The van der Waals surface area contributed by atoms with E-state index in [9.17, 15) is 0 Å². The van der Waals surface area contributed by atoms with Crippen LogP contribution in [0.15, 0.2) is 170 Å². The second-order valence-electron chi connectivity index (χ2n) is 14.1. The van der Waals surface area contributed by atoms with Crippen LogP contribution < -0.4 is 14.4 Å². The smallest absolute Gasteiger partial charge is 0.170 e. The predicted molar refractivity (Wildman–Crippen MR) is 215 cm³/mol. The van der Waals surface area contributed by atoms with E-state index in [0.717, 1.165) is 33.5 Å². The van der Waals surface area contributed by atoms with Gasteiger partial charge in [0.25, 0.3) is 0 Å². The van der Waals surface area contributed by atoms with Gasteiger partial charge in [-0.05, 0) is 76.9 Å². The molecule has 0 fully saturated rings. The third kappa shape index (κ3) is 5.39. The summed E-state index contributed by atoms with van der Waals surface area (Å²) in [7, 11) is 0. The first-order valence-electron chi connectivity index (χ1n) is 18.1. The summed E-state index contributed by atoms with van der Waals surface area (Å²) in [5.41, 5.74) is 10.8. The Kier molecular flexibility index (Phi) is 7.37. The molecule has 0 N–H and O–H groups in total. The van der Waals surface area contributed by atoms with E-state index in [1.807, 2.05) is 91.0 Å². The fourth-order valence-electron chi connectivity index (χ4n) is 7.59. The lowest BCUT2D eigenvalue weighted by Crippen LogP contribution is -2.30. The molecular formula is C48H34N4O2. The van der Waals surface area contributed by atoms with E-state index in [2.05, 4.69) is 97.6 Å². The number of rotatable bonds is 5. The van der Waals surface area contributed by atoms with Crippen molar-refractivity contribution in [1.29, 1.82) is 0 Å². The topological polar surface area (TPSA) is 60.4 Å². The van der Waals surface area contributed by atoms with Crippen molar-refractivity contribution in [1.82, 2.24) is 15.0 Å². The van der Waals surface area contributed by atoms with E-state index >= 15 is 0 Å². The molecule has 0 saturated heterocycles. The summed E-state index contributed by atoms with van der Waals surface area (Å²) in [5, 5.41) is 0. The van der Waals surface area contributed by atoms with Crippen molar-refractivity contribution in [3.05, 3.63) is 181 Å². The fraction of sp³-hybridized carbons (Fsp3) is 0.0625. The van der Waals surface area contributed by atoms with Crippen molar-refractivity contribution in [3.63, 3.8) is 0 Å².